The van der Waals surface area contributed by atoms with Gasteiger partial charge in [0, 0.05) is 13.2 Å². The molecule has 0 aromatic heterocycles. The van der Waals surface area contributed by atoms with E-state index < -0.39 is 6.09 Å². The van der Waals surface area contributed by atoms with E-state index >= 15 is 0 Å². The summed E-state index contributed by atoms with van der Waals surface area (Å²) in [6.07, 6.45) is 1.34. The molecular formula is C18H21NO3. The summed E-state index contributed by atoms with van der Waals surface area (Å²) < 4.78 is 10.7. The lowest BCUT2D eigenvalue weighted by Gasteiger charge is -2.07. The lowest BCUT2D eigenvalue weighted by atomic mass is 10.2. The topological polar surface area (TPSA) is 47.6 Å². The second-order valence-corrected chi connectivity index (χ2v) is 4.87. The number of nitrogens with one attached hydrogen (secondary N) is 1. The molecule has 0 radical (unpaired) electrons. The summed E-state index contributed by atoms with van der Waals surface area (Å²) in [7, 11) is 0. The van der Waals surface area contributed by atoms with Crippen molar-refractivity contribution in [3.8, 4) is 5.75 Å². The van der Waals surface area contributed by atoms with E-state index in [1.807, 2.05) is 48.5 Å². The van der Waals surface area contributed by atoms with Crippen LogP contribution in [0.15, 0.2) is 60.7 Å². The lowest BCUT2D eigenvalue weighted by Crippen LogP contribution is -2.27. The van der Waals surface area contributed by atoms with E-state index in [0.717, 1.165) is 12.8 Å². The van der Waals surface area contributed by atoms with Crippen molar-refractivity contribution in [1.29, 1.82) is 0 Å². The lowest BCUT2D eigenvalue weighted by molar-refractivity contribution is 0.117. The average Bonchev–Trinajstić information content (AvgIpc) is 2.56. The molecular weight excluding hydrogens is 278 g/mol. The predicted molar refractivity (Wildman–Crippen MR) is 85.8 cm³/mol. The number of rotatable bonds is 8. The summed E-state index contributed by atoms with van der Waals surface area (Å²) in [5.74, 6) is 0.547. The maximum Gasteiger partial charge on any atom is 0.412 e. The smallest absolute Gasteiger partial charge is 0.410 e. The zero-order valence-corrected chi connectivity index (χ0v) is 12.5. The zero-order valence-electron chi connectivity index (χ0n) is 12.5. The highest BCUT2D eigenvalue weighted by Crippen LogP contribution is 2.08. The summed E-state index contributed by atoms with van der Waals surface area (Å²) in [5.41, 5.74) is 1.17. The summed E-state index contributed by atoms with van der Waals surface area (Å²) in [6, 6.07) is 19.1. The second-order valence-electron chi connectivity index (χ2n) is 4.87. The third kappa shape index (κ3) is 6.41. The van der Waals surface area contributed by atoms with E-state index in [0.29, 0.717) is 25.5 Å². The van der Waals surface area contributed by atoms with Crippen molar-refractivity contribution in [3.05, 3.63) is 66.2 Å². The van der Waals surface area contributed by atoms with Crippen LogP contribution >= 0.6 is 0 Å². The first-order chi connectivity index (χ1) is 10.8. The SMILES string of the molecule is O=C(NCCCCOCc1ccccc1)Oc1ccccc1. The molecule has 0 spiro atoms. The van der Waals surface area contributed by atoms with Gasteiger partial charge in [-0.25, -0.2) is 4.79 Å². The monoisotopic (exact) mass is 299 g/mol. The first-order valence-corrected chi connectivity index (χ1v) is 7.47. The molecule has 116 valence electrons. The van der Waals surface area contributed by atoms with Gasteiger partial charge in [0.15, 0.2) is 0 Å². The maximum atomic E-state index is 11.5. The standard InChI is InChI=1S/C18H21NO3/c20-18(22-17-11-5-2-6-12-17)19-13-7-8-14-21-15-16-9-3-1-4-10-16/h1-6,9-12H,7-8,13-15H2,(H,19,20). The van der Waals surface area contributed by atoms with E-state index in [-0.39, 0.29) is 0 Å². The van der Waals surface area contributed by atoms with Crippen molar-refractivity contribution in [2.45, 2.75) is 19.4 Å². The van der Waals surface area contributed by atoms with E-state index in [1.54, 1.807) is 12.1 Å². The quantitative estimate of drug-likeness (QED) is 0.755. The number of unbranched alkanes of at least 4 members (excludes halogenated alkanes) is 1. The van der Waals surface area contributed by atoms with Gasteiger partial charge < -0.3 is 14.8 Å². The first-order valence-electron chi connectivity index (χ1n) is 7.47. The van der Waals surface area contributed by atoms with Gasteiger partial charge in [0.05, 0.1) is 6.61 Å². The molecule has 0 saturated carbocycles. The third-order valence-corrected chi connectivity index (χ3v) is 3.05. The number of hydrogen-bond acceptors (Lipinski definition) is 3. The molecule has 0 aliphatic rings. The fraction of sp³-hybridized carbons (Fsp3) is 0.278. The number of carbonyl (C=O) groups is 1. The summed E-state index contributed by atoms with van der Waals surface area (Å²) in [5, 5.41) is 2.72. The van der Waals surface area contributed by atoms with Gasteiger partial charge in [-0.1, -0.05) is 48.5 Å². The van der Waals surface area contributed by atoms with Crippen LogP contribution in [-0.4, -0.2) is 19.2 Å². The molecule has 0 aliphatic heterocycles. The minimum Gasteiger partial charge on any atom is -0.410 e. The zero-order chi connectivity index (χ0) is 15.5. The largest absolute Gasteiger partial charge is 0.412 e. The molecule has 2 aromatic carbocycles. The van der Waals surface area contributed by atoms with Crippen LogP contribution in [-0.2, 0) is 11.3 Å². The van der Waals surface area contributed by atoms with Crippen LogP contribution in [0.25, 0.3) is 0 Å². The Bertz CT molecular complexity index is 543. The molecule has 2 rings (SSSR count). The Balaban J connectivity index is 1.48. The Labute approximate surface area is 131 Å². The average molecular weight is 299 g/mol. The van der Waals surface area contributed by atoms with Crippen molar-refractivity contribution < 1.29 is 14.3 Å². The minimum atomic E-state index is -0.420. The molecule has 4 nitrogen and oxygen atoms in total. The fourth-order valence-corrected chi connectivity index (χ4v) is 1.92. The van der Waals surface area contributed by atoms with Crippen molar-refractivity contribution in [2.24, 2.45) is 0 Å². The van der Waals surface area contributed by atoms with Crippen molar-refractivity contribution >= 4 is 6.09 Å². The van der Waals surface area contributed by atoms with Crippen LogP contribution in [0.2, 0.25) is 0 Å². The maximum absolute atomic E-state index is 11.5. The van der Waals surface area contributed by atoms with Crippen LogP contribution < -0.4 is 10.1 Å². The Kier molecular flexibility index (Phi) is 6.99. The molecule has 4 heteroatoms. The van der Waals surface area contributed by atoms with Crippen molar-refractivity contribution in [2.75, 3.05) is 13.2 Å². The van der Waals surface area contributed by atoms with Gasteiger partial charge in [-0.2, -0.15) is 0 Å². The third-order valence-electron chi connectivity index (χ3n) is 3.05. The summed E-state index contributed by atoms with van der Waals surface area (Å²) in [6.45, 7) is 1.90. The molecule has 1 amide bonds. The fourth-order valence-electron chi connectivity index (χ4n) is 1.92. The number of hydrogen-bond donors (Lipinski definition) is 1. The molecule has 0 saturated heterocycles. The van der Waals surface area contributed by atoms with Gasteiger partial charge >= 0.3 is 6.09 Å². The first kappa shape index (κ1) is 16.0. The van der Waals surface area contributed by atoms with Crippen LogP contribution in [0.4, 0.5) is 4.79 Å². The van der Waals surface area contributed by atoms with E-state index in [2.05, 4.69) is 5.32 Å². The molecule has 1 N–H and O–H groups in total. The van der Waals surface area contributed by atoms with Gasteiger partial charge in [0.25, 0.3) is 0 Å². The van der Waals surface area contributed by atoms with E-state index in [4.69, 9.17) is 9.47 Å². The highest BCUT2D eigenvalue weighted by molar-refractivity contribution is 5.70. The van der Waals surface area contributed by atoms with Crippen molar-refractivity contribution in [1.82, 2.24) is 5.32 Å². The number of ether oxygens (including phenoxy) is 2. The molecule has 0 fully saturated rings. The van der Waals surface area contributed by atoms with E-state index in [9.17, 15) is 4.79 Å². The number of amides is 1. The second kappa shape index (κ2) is 9.58. The molecule has 0 unspecified atom stereocenters. The molecule has 2 aromatic rings. The van der Waals surface area contributed by atoms with Crippen LogP contribution in [0.1, 0.15) is 18.4 Å². The molecule has 0 atom stereocenters. The Hall–Kier alpha value is -2.33. The summed E-state index contributed by atoms with van der Waals surface area (Å²) in [4.78, 5) is 11.5. The van der Waals surface area contributed by atoms with Crippen LogP contribution in [0.3, 0.4) is 0 Å². The normalized spacial score (nSPS) is 10.2. The van der Waals surface area contributed by atoms with Gasteiger partial charge in [0.2, 0.25) is 0 Å². The Morgan fingerprint density at radius 3 is 2.32 bits per heavy atom. The number of carbonyl (C=O) groups excluding carboxylic acids is 1. The van der Waals surface area contributed by atoms with Crippen molar-refractivity contribution in [3.63, 3.8) is 0 Å². The highest BCUT2D eigenvalue weighted by atomic mass is 16.6. The molecule has 0 aliphatic carbocycles. The van der Waals surface area contributed by atoms with Gasteiger partial charge in [-0.15, -0.1) is 0 Å². The van der Waals surface area contributed by atoms with E-state index in [1.165, 1.54) is 5.56 Å². The minimum absolute atomic E-state index is 0.420. The highest BCUT2D eigenvalue weighted by Gasteiger charge is 2.02. The molecule has 22 heavy (non-hydrogen) atoms. The summed E-state index contributed by atoms with van der Waals surface area (Å²) >= 11 is 0. The Morgan fingerprint density at radius 2 is 1.59 bits per heavy atom. The number of benzene rings is 2. The predicted octanol–water partition coefficient (Wildman–Crippen LogP) is 3.77. The van der Waals surface area contributed by atoms with Crippen LogP contribution in [0.5, 0.6) is 5.75 Å². The van der Waals surface area contributed by atoms with Crippen LogP contribution in [0, 0.1) is 0 Å². The number of para-hydroxylation sites is 1. The van der Waals surface area contributed by atoms with Gasteiger partial charge in [-0.05, 0) is 30.5 Å². The van der Waals surface area contributed by atoms with Gasteiger partial charge in [0.1, 0.15) is 5.75 Å². The molecule has 0 bridgehead atoms. The Morgan fingerprint density at radius 1 is 0.909 bits per heavy atom. The van der Waals surface area contributed by atoms with Gasteiger partial charge in [-0.3, -0.25) is 0 Å². The molecule has 0 heterocycles.